The Labute approximate surface area is 146 Å². The predicted molar refractivity (Wildman–Crippen MR) is 84.4 cm³/mol. The normalized spacial score (nSPS) is 19.3. The second-order valence-electron chi connectivity index (χ2n) is 5.63. The first-order valence-corrected chi connectivity index (χ1v) is 7.23. The summed E-state index contributed by atoms with van der Waals surface area (Å²) in [6, 6.07) is 5.01. The first kappa shape index (κ1) is 18.9. The number of aliphatic hydroxyl groups is 1. The number of aliphatic hydroxyl groups excluding tert-OH is 1. The van der Waals surface area contributed by atoms with Crippen molar-refractivity contribution < 1.29 is 44.7 Å². The van der Waals surface area contributed by atoms with Crippen molar-refractivity contribution in [3.8, 4) is 0 Å². The molecule has 5 N–H and O–H groups in total. The van der Waals surface area contributed by atoms with Crippen molar-refractivity contribution in [3.05, 3.63) is 59.2 Å². The predicted octanol–water partition coefficient (Wildman–Crippen LogP) is 0.771. The van der Waals surface area contributed by atoms with Crippen LogP contribution in [0.15, 0.2) is 48.1 Å². The molecule has 9 heteroatoms. The zero-order chi connectivity index (χ0) is 19.6. The number of hydrogen-bond acceptors (Lipinski definition) is 5. The maximum atomic E-state index is 11.6. The number of benzene rings is 1. The number of aromatic carboxylic acids is 1. The fourth-order valence-electron chi connectivity index (χ4n) is 2.69. The van der Waals surface area contributed by atoms with E-state index in [1.54, 1.807) is 0 Å². The van der Waals surface area contributed by atoms with Crippen molar-refractivity contribution in [3.63, 3.8) is 0 Å². The highest BCUT2D eigenvalue weighted by atomic mass is 16.4. The topological polar surface area (TPSA) is 169 Å². The Morgan fingerprint density at radius 2 is 1.46 bits per heavy atom. The van der Waals surface area contributed by atoms with Gasteiger partial charge in [0.05, 0.1) is 5.56 Å². The van der Waals surface area contributed by atoms with Gasteiger partial charge in [-0.3, -0.25) is 14.4 Å². The van der Waals surface area contributed by atoms with Gasteiger partial charge >= 0.3 is 23.9 Å². The Balaban J connectivity index is 2.50. The van der Waals surface area contributed by atoms with E-state index in [0.717, 1.165) is 12.2 Å². The van der Waals surface area contributed by atoms with Crippen LogP contribution in [0.5, 0.6) is 0 Å². The SMILES string of the molecule is O=C(O)c1ccc(C(O)C2=CC(C(=O)O)(C(=O)O)C(C(=O)O)C=C2)cc1. The van der Waals surface area contributed by atoms with Gasteiger partial charge in [-0.05, 0) is 29.3 Å². The molecule has 1 aromatic rings. The van der Waals surface area contributed by atoms with Gasteiger partial charge in [-0.1, -0.05) is 24.3 Å². The number of carbonyl (C=O) groups is 4. The van der Waals surface area contributed by atoms with E-state index >= 15 is 0 Å². The van der Waals surface area contributed by atoms with E-state index in [9.17, 15) is 39.6 Å². The standard InChI is InChI=1S/C17H14O9/c18-12(8-1-3-9(4-2-8)13(19)20)10-5-6-11(14(21)22)17(7-10,15(23)24)16(25)26/h1-7,11-12,18H,(H,19,20)(H,21,22)(H,23,24)(H,25,26). The van der Waals surface area contributed by atoms with Crippen LogP contribution in [-0.4, -0.2) is 49.4 Å². The molecule has 1 aliphatic rings. The molecule has 1 aromatic carbocycles. The molecular weight excluding hydrogens is 348 g/mol. The van der Waals surface area contributed by atoms with Crippen molar-refractivity contribution in [2.75, 3.05) is 0 Å². The minimum absolute atomic E-state index is 0.0366. The maximum absolute atomic E-state index is 11.6. The van der Waals surface area contributed by atoms with Crippen LogP contribution in [0, 0.1) is 11.3 Å². The summed E-state index contributed by atoms with van der Waals surface area (Å²) < 4.78 is 0. The second kappa shape index (κ2) is 6.81. The van der Waals surface area contributed by atoms with Crippen LogP contribution in [0.1, 0.15) is 22.0 Å². The van der Waals surface area contributed by atoms with E-state index in [1.165, 1.54) is 24.3 Å². The number of carboxylic acids is 4. The summed E-state index contributed by atoms with van der Waals surface area (Å²) in [6.07, 6.45) is 1.27. The third-order valence-corrected chi connectivity index (χ3v) is 4.13. The molecule has 2 rings (SSSR count). The number of aliphatic carboxylic acids is 3. The molecule has 0 radical (unpaired) electrons. The van der Waals surface area contributed by atoms with E-state index in [0.29, 0.717) is 6.08 Å². The number of carboxylic acid groups (broad SMARTS) is 4. The summed E-state index contributed by atoms with van der Waals surface area (Å²) in [5, 5.41) is 47.2. The highest BCUT2D eigenvalue weighted by Crippen LogP contribution is 2.40. The molecule has 0 bridgehead atoms. The van der Waals surface area contributed by atoms with Crippen LogP contribution < -0.4 is 0 Å². The Kier molecular flexibility index (Phi) is 4.94. The van der Waals surface area contributed by atoms with Gasteiger partial charge in [0.1, 0.15) is 12.0 Å². The summed E-state index contributed by atoms with van der Waals surface area (Å²) in [4.78, 5) is 45.3. The molecule has 0 amide bonds. The monoisotopic (exact) mass is 362 g/mol. The van der Waals surface area contributed by atoms with Crippen molar-refractivity contribution in [1.29, 1.82) is 0 Å². The first-order chi connectivity index (χ1) is 12.1. The average Bonchev–Trinajstić information content (AvgIpc) is 2.59. The number of hydrogen-bond donors (Lipinski definition) is 5. The molecule has 0 fully saturated rings. The molecule has 0 spiro atoms. The van der Waals surface area contributed by atoms with Crippen LogP contribution in [0.25, 0.3) is 0 Å². The lowest BCUT2D eigenvalue weighted by Crippen LogP contribution is -2.48. The fourth-order valence-corrected chi connectivity index (χ4v) is 2.69. The summed E-state index contributed by atoms with van der Waals surface area (Å²) in [6.45, 7) is 0. The quantitative estimate of drug-likeness (QED) is 0.459. The van der Waals surface area contributed by atoms with Crippen molar-refractivity contribution in [1.82, 2.24) is 0 Å². The number of rotatable bonds is 6. The second-order valence-corrected chi connectivity index (χ2v) is 5.63. The molecule has 0 saturated heterocycles. The van der Waals surface area contributed by atoms with Gasteiger partial charge in [0.15, 0.2) is 5.41 Å². The van der Waals surface area contributed by atoms with E-state index in [1.807, 2.05) is 0 Å². The molecule has 136 valence electrons. The van der Waals surface area contributed by atoms with Gasteiger partial charge in [0, 0.05) is 0 Å². The molecule has 0 saturated carbocycles. The zero-order valence-electron chi connectivity index (χ0n) is 13.1. The largest absolute Gasteiger partial charge is 0.481 e. The molecule has 1 aliphatic carbocycles. The molecule has 9 nitrogen and oxygen atoms in total. The highest BCUT2D eigenvalue weighted by Gasteiger charge is 2.55. The summed E-state index contributed by atoms with van der Waals surface area (Å²) in [7, 11) is 0. The van der Waals surface area contributed by atoms with Crippen LogP contribution in [-0.2, 0) is 14.4 Å². The fraction of sp³-hybridized carbons (Fsp3) is 0.176. The first-order valence-electron chi connectivity index (χ1n) is 7.23. The summed E-state index contributed by atoms with van der Waals surface area (Å²) >= 11 is 0. The smallest absolute Gasteiger partial charge is 0.335 e. The third-order valence-electron chi connectivity index (χ3n) is 4.13. The van der Waals surface area contributed by atoms with Gasteiger partial charge in [0.25, 0.3) is 0 Å². The van der Waals surface area contributed by atoms with Crippen molar-refractivity contribution in [2.24, 2.45) is 11.3 Å². The Morgan fingerprint density at radius 1 is 0.923 bits per heavy atom. The van der Waals surface area contributed by atoms with E-state index in [4.69, 9.17) is 5.11 Å². The molecule has 0 aliphatic heterocycles. The molecule has 26 heavy (non-hydrogen) atoms. The summed E-state index contributed by atoms with van der Waals surface area (Å²) in [5.41, 5.74) is -2.76. The van der Waals surface area contributed by atoms with Crippen LogP contribution in [0.3, 0.4) is 0 Å². The average molecular weight is 362 g/mol. The molecule has 2 atom stereocenters. The van der Waals surface area contributed by atoms with Crippen molar-refractivity contribution in [2.45, 2.75) is 6.10 Å². The summed E-state index contributed by atoms with van der Waals surface area (Å²) in [5.74, 6) is -8.44. The Morgan fingerprint density at radius 3 is 1.88 bits per heavy atom. The molecular formula is C17H14O9. The van der Waals surface area contributed by atoms with Crippen molar-refractivity contribution >= 4 is 23.9 Å². The van der Waals surface area contributed by atoms with E-state index in [-0.39, 0.29) is 16.7 Å². The lowest BCUT2D eigenvalue weighted by atomic mass is 9.70. The van der Waals surface area contributed by atoms with Gasteiger partial charge < -0.3 is 25.5 Å². The molecule has 2 unspecified atom stereocenters. The zero-order valence-corrected chi connectivity index (χ0v) is 13.1. The van der Waals surface area contributed by atoms with Crippen LogP contribution in [0.4, 0.5) is 0 Å². The van der Waals surface area contributed by atoms with Gasteiger partial charge in [0.2, 0.25) is 0 Å². The minimum Gasteiger partial charge on any atom is -0.481 e. The Hall–Kier alpha value is -3.46. The van der Waals surface area contributed by atoms with Crippen LogP contribution in [0.2, 0.25) is 0 Å². The third kappa shape index (κ3) is 3.07. The lowest BCUT2D eigenvalue weighted by molar-refractivity contribution is -0.169. The van der Waals surface area contributed by atoms with E-state index < -0.39 is 41.3 Å². The highest BCUT2D eigenvalue weighted by molar-refractivity contribution is 6.05. The van der Waals surface area contributed by atoms with Gasteiger partial charge in [-0.2, -0.15) is 0 Å². The lowest BCUT2D eigenvalue weighted by Gasteiger charge is -2.30. The van der Waals surface area contributed by atoms with Gasteiger partial charge in [-0.15, -0.1) is 0 Å². The Bertz CT molecular complexity index is 818. The van der Waals surface area contributed by atoms with Crippen LogP contribution >= 0.6 is 0 Å². The minimum atomic E-state index is -2.78. The van der Waals surface area contributed by atoms with Gasteiger partial charge in [-0.25, -0.2) is 4.79 Å². The maximum Gasteiger partial charge on any atom is 0.335 e. The van der Waals surface area contributed by atoms with E-state index in [2.05, 4.69) is 0 Å². The molecule has 0 aromatic heterocycles. The molecule has 0 heterocycles.